The monoisotopic (exact) mass is 384 g/mol. The van der Waals surface area contributed by atoms with E-state index in [1.807, 2.05) is 6.92 Å². The fraction of sp³-hybridized carbons (Fsp3) is 0.278. The van der Waals surface area contributed by atoms with Crippen LogP contribution in [0.5, 0.6) is 5.75 Å². The molecule has 3 N–H and O–H groups in total. The predicted molar refractivity (Wildman–Crippen MR) is 95.6 cm³/mol. The van der Waals surface area contributed by atoms with Crippen molar-refractivity contribution in [3.63, 3.8) is 0 Å². The molecule has 0 aliphatic rings. The fourth-order valence-electron chi connectivity index (χ4n) is 2.18. The molecular formula is C18H19ClF2N2O3. The van der Waals surface area contributed by atoms with Crippen LogP contribution in [-0.4, -0.2) is 24.3 Å². The van der Waals surface area contributed by atoms with E-state index in [-0.39, 0.29) is 12.1 Å². The number of hydrogen-bond donors (Lipinski definition) is 3. The van der Waals surface area contributed by atoms with Gasteiger partial charge in [0.15, 0.2) is 0 Å². The Morgan fingerprint density at radius 2 is 2.04 bits per heavy atom. The van der Waals surface area contributed by atoms with E-state index in [4.69, 9.17) is 16.3 Å². The number of anilines is 1. The number of nitrogens with one attached hydrogen (secondary N) is 2. The first kappa shape index (κ1) is 19.9. The van der Waals surface area contributed by atoms with Crippen molar-refractivity contribution < 1.29 is 23.4 Å². The van der Waals surface area contributed by atoms with Gasteiger partial charge in [0, 0.05) is 23.2 Å². The molecule has 0 spiro atoms. The molecule has 8 heteroatoms. The van der Waals surface area contributed by atoms with Gasteiger partial charge in [-0.15, -0.1) is 0 Å². The highest BCUT2D eigenvalue weighted by molar-refractivity contribution is 6.31. The normalized spacial score (nSPS) is 11.7. The van der Waals surface area contributed by atoms with E-state index in [0.717, 1.165) is 18.6 Å². The van der Waals surface area contributed by atoms with Gasteiger partial charge in [0.2, 0.25) is 0 Å². The summed E-state index contributed by atoms with van der Waals surface area (Å²) in [5.41, 5.74) is 0.257. The Hall–Kier alpha value is -2.38. The first-order valence-electron chi connectivity index (χ1n) is 8.01. The van der Waals surface area contributed by atoms with Crippen molar-refractivity contribution in [3.05, 3.63) is 58.6 Å². The number of hydrogen-bond acceptors (Lipinski definition) is 3. The first-order valence-corrected chi connectivity index (χ1v) is 8.38. The van der Waals surface area contributed by atoms with Crippen molar-refractivity contribution >= 4 is 23.3 Å². The lowest BCUT2D eigenvalue weighted by molar-refractivity contribution is 0.170. The molecule has 140 valence electrons. The third-order valence-electron chi connectivity index (χ3n) is 3.43. The van der Waals surface area contributed by atoms with E-state index in [0.29, 0.717) is 29.1 Å². The van der Waals surface area contributed by atoms with E-state index in [1.54, 1.807) is 12.1 Å². The fourth-order valence-corrected chi connectivity index (χ4v) is 2.35. The summed E-state index contributed by atoms with van der Waals surface area (Å²) in [5, 5.41) is 15.4. The highest BCUT2D eigenvalue weighted by Gasteiger charge is 2.15. The highest BCUT2D eigenvalue weighted by atomic mass is 35.5. The van der Waals surface area contributed by atoms with Gasteiger partial charge in [-0.25, -0.2) is 13.6 Å². The Morgan fingerprint density at radius 3 is 2.73 bits per heavy atom. The maximum absolute atomic E-state index is 13.6. The van der Waals surface area contributed by atoms with Crippen molar-refractivity contribution in [2.75, 3.05) is 18.5 Å². The van der Waals surface area contributed by atoms with Gasteiger partial charge in [-0.2, -0.15) is 0 Å². The SMILES string of the molecule is CCCOc1ccc(Cl)cc1NC(=O)NCC(O)c1ccc(F)cc1F. The lowest BCUT2D eigenvalue weighted by Crippen LogP contribution is -2.32. The summed E-state index contributed by atoms with van der Waals surface area (Å²) in [4.78, 5) is 12.0. The Kier molecular flexibility index (Phi) is 7.17. The average molecular weight is 385 g/mol. The second kappa shape index (κ2) is 9.35. The summed E-state index contributed by atoms with van der Waals surface area (Å²) >= 11 is 5.93. The number of carbonyl (C=O) groups is 1. The number of rotatable bonds is 7. The minimum absolute atomic E-state index is 0.110. The average Bonchev–Trinajstić information content (AvgIpc) is 2.59. The van der Waals surface area contributed by atoms with Crippen molar-refractivity contribution in [3.8, 4) is 5.75 Å². The molecule has 2 aromatic rings. The zero-order valence-corrected chi connectivity index (χ0v) is 14.8. The van der Waals surface area contributed by atoms with Crippen LogP contribution in [-0.2, 0) is 0 Å². The largest absolute Gasteiger partial charge is 0.491 e. The highest BCUT2D eigenvalue weighted by Crippen LogP contribution is 2.28. The van der Waals surface area contributed by atoms with Gasteiger partial charge in [0.1, 0.15) is 17.4 Å². The van der Waals surface area contributed by atoms with Gasteiger partial charge >= 0.3 is 6.03 Å². The van der Waals surface area contributed by atoms with Gasteiger partial charge in [0.05, 0.1) is 18.4 Å². The number of amides is 2. The minimum Gasteiger partial charge on any atom is -0.491 e. The molecule has 2 aromatic carbocycles. The van der Waals surface area contributed by atoms with Crippen LogP contribution < -0.4 is 15.4 Å². The van der Waals surface area contributed by atoms with Crippen LogP contribution in [0.25, 0.3) is 0 Å². The number of aliphatic hydroxyl groups is 1. The van der Waals surface area contributed by atoms with Crippen molar-refractivity contribution in [1.82, 2.24) is 5.32 Å². The molecular weight excluding hydrogens is 366 g/mol. The lowest BCUT2D eigenvalue weighted by Gasteiger charge is -2.15. The molecule has 2 amide bonds. The van der Waals surface area contributed by atoms with Crippen LogP contribution in [0.2, 0.25) is 5.02 Å². The van der Waals surface area contributed by atoms with Gasteiger partial charge in [0.25, 0.3) is 0 Å². The van der Waals surface area contributed by atoms with Crippen LogP contribution in [0.1, 0.15) is 25.0 Å². The van der Waals surface area contributed by atoms with Gasteiger partial charge < -0.3 is 20.5 Å². The van der Waals surface area contributed by atoms with E-state index in [1.165, 1.54) is 6.07 Å². The number of benzene rings is 2. The molecule has 0 aliphatic heterocycles. The maximum atomic E-state index is 13.6. The molecule has 1 atom stereocenters. The topological polar surface area (TPSA) is 70.6 Å². The molecule has 1 unspecified atom stereocenters. The summed E-state index contributed by atoms with van der Waals surface area (Å²) in [6.45, 7) is 2.16. The van der Waals surface area contributed by atoms with Gasteiger partial charge in [-0.1, -0.05) is 24.6 Å². The zero-order valence-electron chi connectivity index (χ0n) is 14.1. The smallest absolute Gasteiger partial charge is 0.319 e. The summed E-state index contributed by atoms with van der Waals surface area (Å²) in [6, 6.07) is 7.00. The third-order valence-corrected chi connectivity index (χ3v) is 3.66. The summed E-state index contributed by atoms with van der Waals surface area (Å²) in [7, 11) is 0. The molecule has 0 fully saturated rings. The first-order chi connectivity index (χ1) is 12.4. The summed E-state index contributed by atoms with van der Waals surface area (Å²) in [6.07, 6.45) is -0.527. The van der Waals surface area contributed by atoms with E-state index in [2.05, 4.69) is 10.6 Å². The van der Waals surface area contributed by atoms with Crippen LogP contribution in [0, 0.1) is 11.6 Å². The maximum Gasteiger partial charge on any atom is 0.319 e. The second-order valence-electron chi connectivity index (χ2n) is 5.51. The van der Waals surface area contributed by atoms with Gasteiger partial charge in [-0.3, -0.25) is 0 Å². The Morgan fingerprint density at radius 1 is 1.27 bits per heavy atom. The quantitative estimate of drug-likeness (QED) is 0.668. The number of urea groups is 1. The number of aliphatic hydroxyl groups excluding tert-OH is 1. The molecule has 26 heavy (non-hydrogen) atoms. The molecule has 2 rings (SSSR count). The van der Waals surface area contributed by atoms with E-state index in [9.17, 15) is 18.7 Å². The molecule has 5 nitrogen and oxygen atoms in total. The van der Waals surface area contributed by atoms with Crippen molar-refractivity contribution in [2.24, 2.45) is 0 Å². The Bertz CT molecular complexity index is 774. The van der Waals surface area contributed by atoms with Crippen molar-refractivity contribution in [2.45, 2.75) is 19.4 Å². The third kappa shape index (κ3) is 5.57. The molecule has 0 radical (unpaired) electrons. The van der Waals surface area contributed by atoms with Crippen molar-refractivity contribution in [1.29, 1.82) is 0 Å². The van der Waals surface area contributed by atoms with Crippen LogP contribution in [0.15, 0.2) is 36.4 Å². The molecule has 0 aromatic heterocycles. The molecule has 0 aliphatic carbocycles. The molecule has 0 saturated heterocycles. The lowest BCUT2D eigenvalue weighted by atomic mass is 10.1. The number of ether oxygens (including phenoxy) is 1. The number of carbonyl (C=O) groups excluding carboxylic acids is 1. The zero-order chi connectivity index (χ0) is 19.1. The summed E-state index contributed by atoms with van der Waals surface area (Å²) in [5.74, 6) is -1.17. The molecule has 0 heterocycles. The van der Waals surface area contributed by atoms with E-state index < -0.39 is 23.8 Å². The Balaban J connectivity index is 1.97. The predicted octanol–water partition coefficient (Wildman–Crippen LogP) is 4.26. The van der Waals surface area contributed by atoms with Gasteiger partial charge in [-0.05, 0) is 30.7 Å². The minimum atomic E-state index is -1.32. The molecule has 0 saturated carbocycles. The van der Waals surface area contributed by atoms with Crippen LogP contribution in [0.4, 0.5) is 19.3 Å². The second-order valence-corrected chi connectivity index (χ2v) is 5.94. The summed E-state index contributed by atoms with van der Waals surface area (Å²) < 4.78 is 32.1. The van der Waals surface area contributed by atoms with Crippen LogP contribution in [0.3, 0.4) is 0 Å². The van der Waals surface area contributed by atoms with Crippen LogP contribution >= 0.6 is 11.6 Å². The van der Waals surface area contributed by atoms with E-state index >= 15 is 0 Å². The molecule has 0 bridgehead atoms. The Labute approximate surface area is 154 Å². The number of halogens is 3. The standard InChI is InChI=1S/C18H19ClF2N2O3/c1-2-7-26-17-6-3-11(19)8-15(17)23-18(25)22-10-16(24)13-5-4-12(20)9-14(13)21/h3-6,8-9,16,24H,2,7,10H2,1H3,(H2,22,23,25).